The fourth-order valence-electron chi connectivity index (χ4n) is 6.51. The first-order valence-corrected chi connectivity index (χ1v) is 22.3. The van der Waals surface area contributed by atoms with Crippen molar-refractivity contribution in [3.05, 3.63) is 0 Å². The molecule has 0 heterocycles. The average molecular weight is 723 g/mol. The summed E-state index contributed by atoms with van der Waals surface area (Å²) in [5.74, 6) is 0.820. The van der Waals surface area contributed by atoms with Crippen molar-refractivity contribution in [3.63, 3.8) is 0 Å². The van der Waals surface area contributed by atoms with Crippen LogP contribution < -0.4 is 0 Å². The highest BCUT2D eigenvalue weighted by Gasteiger charge is 2.19. The van der Waals surface area contributed by atoms with Gasteiger partial charge in [0.15, 0.2) is 6.10 Å². The van der Waals surface area contributed by atoms with Crippen molar-refractivity contribution >= 4 is 17.9 Å². The van der Waals surface area contributed by atoms with Crippen LogP contribution in [0.4, 0.5) is 0 Å². The minimum absolute atomic E-state index is 0.0659. The molecule has 3 atom stereocenters. The SMILES string of the molecule is CCCCCCCCCCCC(=O)O[C@@H](COC(=O)CCCCCCCCCCCCC(C)CC)COC(=O)CCCCCCCCC(C)CC. The highest BCUT2D eigenvalue weighted by Crippen LogP contribution is 2.17. The third-order valence-electron chi connectivity index (χ3n) is 10.7. The average Bonchev–Trinajstić information content (AvgIpc) is 3.13. The van der Waals surface area contributed by atoms with Gasteiger partial charge in [-0.15, -0.1) is 0 Å². The summed E-state index contributed by atoms with van der Waals surface area (Å²) >= 11 is 0. The Morgan fingerprint density at radius 1 is 0.392 bits per heavy atom. The van der Waals surface area contributed by atoms with E-state index in [1.807, 2.05) is 0 Å². The van der Waals surface area contributed by atoms with Gasteiger partial charge in [0.1, 0.15) is 13.2 Å². The van der Waals surface area contributed by atoms with Crippen molar-refractivity contribution in [2.75, 3.05) is 13.2 Å². The van der Waals surface area contributed by atoms with Crippen LogP contribution in [-0.2, 0) is 28.6 Å². The van der Waals surface area contributed by atoms with Gasteiger partial charge in [-0.2, -0.15) is 0 Å². The molecule has 0 N–H and O–H groups in total. The fourth-order valence-corrected chi connectivity index (χ4v) is 6.51. The van der Waals surface area contributed by atoms with E-state index in [0.29, 0.717) is 19.3 Å². The number of rotatable bonds is 39. The van der Waals surface area contributed by atoms with Crippen molar-refractivity contribution in [3.8, 4) is 0 Å². The zero-order chi connectivity index (χ0) is 37.6. The molecule has 0 aromatic heterocycles. The minimum Gasteiger partial charge on any atom is -0.462 e. The summed E-state index contributed by atoms with van der Waals surface area (Å²) in [5, 5.41) is 0. The standard InChI is InChI=1S/C45H86O6/c1-6-9-10-11-12-15-20-27-32-37-45(48)51-42(39-50-44(47)36-31-26-22-21-24-29-34-41(5)8-3)38-49-43(46)35-30-25-19-17-14-13-16-18-23-28-33-40(4)7-2/h40-42H,6-39H2,1-5H3/t40?,41?,42-/m0/s1. The van der Waals surface area contributed by atoms with E-state index in [-0.39, 0.29) is 31.1 Å². The quantitative estimate of drug-likeness (QED) is 0.0357. The van der Waals surface area contributed by atoms with Crippen LogP contribution in [0, 0.1) is 11.8 Å². The highest BCUT2D eigenvalue weighted by molar-refractivity contribution is 5.71. The van der Waals surface area contributed by atoms with Gasteiger partial charge >= 0.3 is 17.9 Å². The molecule has 302 valence electrons. The van der Waals surface area contributed by atoms with E-state index in [2.05, 4.69) is 34.6 Å². The Hall–Kier alpha value is -1.59. The Balaban J connectivity index is 4.32. The molecule has 6 nitrogen and oxygen atoms in total. The Bertz CT molecular complexity index is 783. The maximum Gasteiger partial charge on any atom is 0.306 e. The van der Waals surface area contributed by atoms with Crippen LogP contribution in [0.3, 0.4) is 0 Å². The predicted molar refractivity (Wildman–Crippen MR) is 215 cm³/mol. The van der Waals surface area contributed by atoms with Gasteiger partial charge in [0.2, 0.25) is 0 Å². The normalized spacial score (nSPS) is 13.1. The number of carbonyl (C=O) groups excluding carboxylic acids is 3. The second-order valence-corrected chi connectivity index (χ2v) is 15.8. The van der Waals surface area contributed by atoms with Gasteiger partial charge in [0, 0.05) is 19.3 Å². The molecule has 0 spiro atoms. The van der Waals surface area contributed by atoms with Gasteiger partial charge < -0.3 is 14.2 Å². The van der Waals surface area contributed by atoms with E-state index in [1.54, 1.807) is 0 Å². The number of unbranched alkanes of at least 4 members (excludes halogenated alkanes) is 22. The molecule has 0 aliphatic heterocycles. The number of hydrogen-bond donors (Lipinski definition) is 0. The Morgan fingerprint density at radius 2 is 0.686 bits per heavy atom. The lowest BCUT2D eigenvalue weighted by Crippen LogP contribution is -2.30. The van der Waals surface area contributed by atoms with Crippen molar-refractivity contribution in [2.45, 2.75) is 246 Å². The van der Waals surface area contributed by atoms with Gasteiger partial charge in [-0.1, -0.05) is 202 Å². The lowest BCUT2D eigenvalue weighted by atomic mass is 9.99. The monoisotopic (exact) mass is 723 g/mol. The summed E-state index contributed by atoms with van der Waals surface area (Å²) in [5.41, 5.74) is 0. The molecular weight excluding hydrogens is 636 g/mol. The van der Waals surface area contributed by atoms with E-state index in [0.717, 1.165) is 69.6 Å². The smallest absolute Gasteiger partial charge is 0.306 e. The van der Waals surface area contributed by atoms with E-state index in [9.17, 15) is 14.4 Å². The van der Waals surface area contributed by atoms with E-state index >= 15 is 0 Å². The van der Waals surface area contributed by atoms with Gasteiger partial charge in [-0.05, 0) is 31.1 Å². The van der Waals surface area contributed by atoms with Crippen molar-refractivity contribution in [1.29, 1.82) is 0 Å². The first-order valence-electron chi connectivity index (χ1n) is 22.3. The number of hydrogen-bond acceptors (Lipinski definition) is 6. The maximum absolute atomic E-state index is 12.6. The van der Waals surface area contributed by atoms with Crippen LogP contribution in [-0.4, -0.2) is 37.2 Å². The van der Waals surface area contributed by atoms with Gasteiger partial charge in [0.05, 0.1) is 0 Å². The number of carbonyl (C=O) groups is 3. The second kappa shape index (κ2) is 38.1. The third-order valence-corrected chi connectivity index (χ3v) is 10.7. The molecule has 0 aromatic rings. The van der Waals surface area contributed by atoms with E-state index < -0.39 is 6.10 Å². The summed E-state index contributed by atoms with van der Waals surface area (Å²) < 4.78 is 16.7. The van der Waals surface area contributed by atoms with Gasteiger partial charge in [0.25, 0.3) is 0 Å². The zero-order valence-electron chi connectivity index (χ0n) is 34.7. The topological polar surface area (TPSA) is 78.9 Å². The molecule has 6 heteroatoms. The predicted octanol–water partition coefficient (Wildman–Crippen LogP) is 13.8. The highest BCUT2D eigenvalue weighted by atomic mass is 16.6. The van der Waals surface area contributed by atoms with Crippen molar-refractivity contribution in [2.24, 2.45) is 11.8 Å². The largest absolute Gasteiger partial charge is 0.462 e. The summed E-state index contributed by atoms with van der Waals surface area (Å²) in [4.78, 5) is 37.6. The fraction of sp³-hybridized carbons (Fsp3) is 0.933. The molecule has 0 bridgehead atoms. The third kappa shape index (κ3) is 36.6. The molecular formula is C45H86O6. The lowest BCUT2D eigenvalue weighted by molar-refractivity contribution is -0.167. The van der Waals surface area contributed by atoms with Gasteiger partial charge in [-0.3, -0.25) is 14.4 Å². The summed E-state index contributed by atoms with van der Waals surface area (Å²) in [6, 6.07) is 0. The van der Waals surface area contributed by atoms with E-state index in [1.165, 1.54) is 128 Å². The number of ether oxygens (including phenoxy) is 3. The molecule has 0 fully saturated rings. The summed E-state index contributed by atoms with van der Waals surface area (Å²) in [6.45, 7) is 11.3. The molecule has 0 rings (SSSR count). The molecule has 0 radical (unpaired) electrons. The van der Waals surface area contributed by atoms with Gasteiger partial charge in [-0.25, -0.2) is 0 Å². The summed E-state index contributed by atoms with van der Waals surface area (Å²) in [6.07, 6.45) is 35.1. The number of esters is 3. The molecule has 0 amide bonds. The maximum atomic E-state index is 12.6. The second-order valence-electron chi connectivity index (χ2n) is 15.8. The first-order chi connectivity index (χ1) is 24.8. The van der Waals surface area contributed by atoms with Crippen LogP contribution in [0.25, 0.3) is 0 Å². The molecule has 0 aliphatic carbocycles. The van der Waals surface area contributed by atoms with E-state index in [4.69, 9.17) is 14.2 Å². The Morgan fingerprint density at radius 3 is 1.02 bits per heavy atom. The summed E-state index contributed by atoms with van der Waals surface area (Å²) in [7, 11) is 0. The molecule has 0 saturated heterocycles. The van der Waals surface area contributed by atoms with Crippen LogP contribution in [0.5, 0.6) is 0 Å². The Kier molecular flexibility index (Phi) is 37.0. The zero-order valence-corrected chi connectivity index (χ0v) is 34.7. The minimum atomic E-state index is -0.760. The molecule has 2 unspecified atom stereocenters. The van der Waals surface area contributed by atoms with Crippen LogP contribution in [0.2, 0.25) is 0 Å². The Labute approximate surface area is 317 Å². The molecule has 0 aliphatic rings. The van der Waals surface area contributed by atoms with Crippen LogP contribution >= 0.6 is 0 Å². The molecule has 0 aromatic carbocycles. The van der Waals surface area contributed by atoms with Crippen LogP contribution in [0.1, 0.15) is 240 Å². The first kappa shape index (κ1) is 49.4. The van der Waals surface area contributed by atoms with Crippen molar-refractivity contribution < 1.29 is 28.6 Å². The van der Waals surface area contributed by atoms with Crippen molar-refractivity contribution in [1.82, 2.24) is 0 Å². The molecule has 0 saturated carbocycles. The molecule has 51 heavy (non-hydrogen) atoms. The van der Waals surface area contributed by atoms with Crippen LogP contribution in [0.15, 0.2) is 0 Å². The lowest BCUT2D eigenvalue weighted by Gasteiger charge is -2.18.